The van der Waals surface area contributed by atoms with Crippen LogP contribution in [0.1, 0.15) is 16.2 Å². The zero-order valence-corrected chi connectivity index (χ0v) is 12.1. The maximum absolute atomic E-state index is 12.1. The first-order valence-corrected chi connectivity index (χ1v) is 6.18. The van der Waals surface area contributed by atoms with Crippen LogP contribution in [-0.2, 0) is 18.9 Å². The second-order valence-corrected chi connectivity index (χ2v) is 4.61. The molecule has 22 heavy (non-hydrogen) atoms. The van der Waals surface area contributed by atoms with E-state index in [0.29, 0.717) is 0 Å². The monoisotopic (exact) mass is 307 g/mol. The van der Waals surface area contributed by atoms with Crippen LogP contribution in [0.25, 0.3) is 11.2 Å². The Kier molecular flexibility index (Phi) is 3.76. The Morgan fingerprint density at radius 3 is 2.41 bits per heavy atom. The fraction of sp³-hybridized carbons (Fsp3) is 0.333. The number of hydrogen-bond acceptors (Lipinski definition) is 6. The quantitative estimate of drug-likeness (QED) is 0.679. The van der Waals surface area contributed by atoms with E-state index >= 15 is 0 Å². The molecule has 0 fully saturated rings. The summed E-state index contributed by atoms with van der Waals surface area (Å²) >= 11 is 0. The van der Waals surface area contributed by atoms with Gasteiger partial charge in [-0.25, -0.2) is 14.8 Å². The number of hydrogen-bond donors (Lipinski definition) is 2. The van der Waals surface area contributed by atoms with Crippen LogP contribution in [0.15, 0.2) is 9.59 Å². The lowest BCUT2D eigenvalue weighted by Gasteiger charge is -2.09. The minimum Gasteiger partial charge on any atom is -0.480 e. The van der Waals surface area contributed by atoms with E-state index in [0.717, 1.165) is 9.13 Å². The molecule has 2 N–H and O–H groups in total. The van der Waals surface area contributed by atoms with Gasteiger partial charge in [-0.1, -0.05) is 0 Å². The lowest BCUT2D eigenvalue weighted by atomic mass is 10.3. The predicted molar refractivity (Wildman–Crippen MR) is 74.7 cm³/mol. The molecule has 0 unspecified atom stereocenters. The van der Waals surface area contributed by atoms with Crippen LogP contribution in [0.4, 0.5) is 0 Å². The highest BCUT2D eigenvalue weighted by atomic mass is 16.4. The van der Waals surface area contributed by atoms with Crippen LogP contribution in [0.2, 0.25) is 0 Å². The summed E-state index contributed by atoms with van der Waals surface area (Å²) in [5, 5.41) is 10.7. The number of aromatic nitrogens is 4. The summed E-state index contributed by atoms with van der Waals surface area (Å²) < 4.78 is 2.00. The van der Waals surface area contributed by atoms with Crippen LogP contribution >= 0.6 is 0 Å². The van der Waals surface area contributed by atoms with E-state index < -0.39 is 29.7 Å². The lowest BCUT2D eigenvalue weighted by molar-refractivity contribution is -0.135. The van der Waals surface area contributed by atoms with Gasteiger partial charge >= 0.3 is 11.7 Å². The van der Waals surface area contributed by atoms with E-state index in [1.807, 2.05) is 0 Å². The molecule has 10 heteroatoms. The SMILES string of the molecule is Cc1nc2c(nc1C(=O)NCC(=O)O)c(=O)n(C)c(=O)n2C. The number of aliphatic carboxylic acids is 1. The Hall–Kier alpha value is -3.04. The van der Waals surface area contributed by atoms with Crippen molar-refractivity contribution in [1.29, 1.82) is 0 Å². The van der Waals surface area contributed by atoms with Crippen LogP contribution in [0.5, 0.6) is 0 Å². The van der Waals surface area contributed by atoms with Crippen molar-refractivity contribution in [3.63, 3.8) is 0 Å². The second kappa shape index (κ2) is 5.39. The van der Waals surface area contributed by atoms with Gasteiger partial charge in [-0.2, -0.15) is 0 Å². The van der Waals surface area contributed by atoms with Gasteiger partial charge in [0.2, 0.25) is 0 Å². The van der Waals surface area contributed by atoms with Gasteiger partial charge in [0, 0.05) is 14.1 Å². The topological polar surface area (TPSA) is 136 Å². The molecule has 0 aliphatic heterocycles. The summed E-state index contributed by atoms with van der Waals surface area (Å²) in [7, 11) is 2.72. The minimum absolute atomic E-state index is 0.0559. The van der Waals surface area contributed by atoms with E-state index in [1.54, 1.807) is 0 Å². The Morgan fingerprint density at radius 1 is 1.18 bits per heavy atom. The van der Waals surface area contributed by atoms with Gasteiger partial charge in [0.25, 0.3) is 11.5 Å². The molecule has 0 bridgehead atoms. The number of nitrogens with zero attached hydrogens (tertiary/aromatic N) is 4. The van der Waals surface area contributed by atoms with Crippen molar-refractivity contribution in [2.24, 2.45) is 14.1 Å². The zero-order chi connectivity index (χ0) is 16.6. The normalized spacial score (nSPS) is 10.7. The van der Waals surface area contributed by atoms with E-state index in [4.69, 9.17) is 5.11 Å². The van der Waals surface area contributed by atoms with Crippen molar-refractivity contribution in [1.82, 2.24) is 24.4 Å². The van der Waals surface area contributed by atoms with Crippen molar-refractivity contribution in [3.05, 3.63) is 32.2 Å². The highest BCUT2D eigenvalue weighted by Crippen LogP contribution is 2.07. The fourth-order valence-corrected chi connectivity index (χ4v) is 1.90. The molecule has 0 atom stereocenters. The van der Waals surface area contributed by atoms with Gasteiger partial charge < -0.3 is 10.4 Å². The number of carboxylic acid groups (broad SMARTS) is 1. The largest absolute Gasteiger partial charge is 0.480 e. The van der Waals surface area contributed by atoms with Crippen LogP contribution in [0.3, 0.4) is 0 Å². The van der Waals surface area contributed by atoms with Crippen LogP contribution < -0.4 is 16.6 Å². The van der Waals surface area contributed by atoms with Crippen molar-refractivity contribution in [2.75, 3.05) is 6.54 Å². The van der Waals surface area contributed by atoms with Crippen LogP contribution in [0, 0.1) is 6.92 Å². The molecule has 2 aromatic rings. The molecule has 2 aromatic heterocycles. The van der Waals surface area contributed by atoms with E-state index in [1.165, 1.54) is 21.0 Å². The Labute approximate surface area is 123 Å². The van der Waals surface area contributed by atoms with Crippen molar-refractivity contribution in [3.8, 4) is 0 Å². The smallest absolute Gasteiger partial charge is 0.332 e. The fourth-order valence-electron chi connectivity index (χ4n) is 1.90. The zero-order valence-electron chi connectivity index (χ0n) is 12.1. The van der Waals surface area contributed by atoms with Crippen molar-refractivity contribution < 1.29 is 14.7 Å². The summed E-state index contributed by atoms with van der Waals surface area (Å²) in [5.74, 6) is -1.97. The lowest BCUT2D eigenvalue weighted by Crippen LogP contribution is -2.38. The number of aryl methyl sites for hydroxylation is 2. The Bertz CT molecular complexity index is 911. The highest BCUT2D eigenvalue weighted by molar-refractivity contribution is 5.96. The second-order valence-electron chi connectivity index (χ2n) is 4.61. The molecular formula is C12H13N5O5. The summed E-state index contributed by atoms with van der Waals surface area (Å²) in [6, 6.07) is 0. The van der Waals surface area contributed by atoms with Gasteiger partial charge in [-0.05, 0) is 6.92 Å². The third-order valence-corrected chi connectivity index (χ3v) is 3.07. The number of carbonyl (C=O) groups excluding carboxylic acids is 1. The average Bonchev–Trinajstić information content (AvgIpc) is 2.48. The minimum atomic E-state index is -1.21. The summed E-state index contributed by atoms with van der Waals surface area (Å²) in [4.78, 5) is 54.3. The third kappa shape index (κ3) is 2.45. The average molecular weight is 307 g/mol. The van der Waals surface area contributed by atoms with Crippen LogP contribution in [-0.4, -0.2) is 42.6 Å². The molecule has 0 aliphatic carbocycles. The molecule has 1 amide bonds. The molecular weight excluding hydrogens is 294 g/mol. The summed E-state index contributed by atoms with van der Waals surface area (Å²) in [5.41, 5.74) is -1.31. The standard InChI is InChI=1S/C12H13N5O5/c1-5-7(10(20)13-4-6(18)19)15-8-9(14-5)16(2)12(22)17(3)11(8)21/h4H2,1-3H3,(H,13,20)(H,18,19). The molecule has 2 rings (SSSR count). The number of rotatable bonds is 3. The molecule has 0 spiro atoms. The predicted octanol–water partition coefficient (Wildman–Crippen LogP) is -1.85. The highest BCUT2D eigenvalue weighted by Gasteiger charge is 2.18. The first kappa shape index (κ1) is 15.4. The molecule has 0 saturated carbocycles. The molecule has 0 aliphatic rings. The first-order chi connectivity index (χ1) is 10.2. The number of carboxylic acids is 1. The van der Waals surface area contributed by atoms with Gasteiger partial charge in [0.05, 0.1) is 5.69 Å². The molecule has 116 valence electrons. The maximum Gasteiger partial charge on any atom is 0.332 e. The number of amides is 1. The molecule has 10 nitrogen and oxygen atoms in total. The summed E-state index contributed by atoms with van der Waals surface area (Å²) in [6.45, 7) is 0.896. The van der Waals surface area contributed by atoms with E-state index in [2.05, 4.69) is 15.3 Å². The summed E-state index contributed by atoms with van der Waals surface area (Å²) in [6.07, 6.45) is 0. The van der Waals surface area contributed by atoms with Gasteiger partial charge in [-0.15, -0.1) is 0 Å². The van der Waals surface area contributed by atoms with Crippen molar-refractivity contribution in [2.45, 2.75) is 6.92 Å². The molecule has 0 aromatic carbocycles. The Morgan fingerprint density at radius 2 is 1.82 bits per heavy atom. The third-order valence-electron chi connectivity index (χ3n) is 3.07. The first-order valence-electron chi connectivity index (χ1n) is 6.18. The number of nitrogens with one attached hydrogen (secondary N) is 1. The molecule has 0 radical (unpaired) electrons. The van der Waals surface area contributed by atoms with E-state index in [-0.39, 0.29) is 22.6 Å². The van der Waals surface area contributed by atoms with Crippen molar-refractivity contribution >= 4 is 23.0 Å². The molecule has 2 heterocycles. The van der Waals surface area contributed by atoms with E-state index in [9.17, 15) is 19.2 Å². The number of fused-ring (bicyclic) bond motifs is 1. The maximum atomic E-state index is 12.1. The Balaban J connectivity index is 2.68. The molecule has 0 saturated heterocycles. The number of carbonyl (C=O) groups is 2. The van der Waals surface area contributed by atoms with Gasteiger partial charge in [0.1, 0.15) is 12.2 Å². The van der Waals surface area contributed by atoms with Gasteiger partial charge in [0.15, 0.2) is 11.2 Å². The van der Waals surface area contributed by atoms with Gasteiger partial charge in [-0.3, -0.25) is 23.5 Å².